The number of nitrogens with one attached hydrogen (secondary N) is 2. The van der Waals surface area contributed by atoms with Crippen LogP contribution in [0.15, 0.2) is 48.7 Å². The van der Waals surface area contributed by atoms with Gasteiger partial charge in [0.25, 0.3) is 5.91 Å². The summed E-state index contributed by atoms with van der Waals surface area (Å²) in [5.74, 6) is -1.38. The van der Waals surface area contributed by atoms with Crippen LogP contribution in [-0.4, -0.2) is 39.0 Å². The number of amides is 2. The number of aliphatic hydroxyl groups is 1. The molecule has 1 unspecified atom stereocenters. The van der Waals surface area contributed by atoms with E-state index in [0.29, 0.717) is 10.7 Å². The summed E-state index contributed by atoms with van der Waals surface area (Å²) >= 11 is 5.85. The summed E-state index contributed by atoms with van der Waals surface area (Å²) in [6.07, 6.45) is 0.262. The summed E-state index contributed by atoms with van der Waals surface area (Å²) in [7, 11) is 0. The van der Waals surface area contributed by atoms with Gasteiger partial charge in [-0.15, -0.1) is 0 Å². The minimum absolute atomic E-state index is 0.254. The van der Waals surface area contributed by atoms with E-state index in [2.05, 4.69) is 15.3 Å². The lowest BCUT2D eigenvalue weighted by atomic mass is 10.0. The van der Waals surface area contributed by atoms with E-state index < -0.39 is 24.0 Å². The molecule has 3 rings (SSSR count). The van der Waals surface area contributed by atoms with Gasteiger partial charge in [0.2, 0.25) is 5.91 Å². The van der Waals surface area contributed by atoms with Gasteiger partial charge in [0.05, 0.1) is 17.8 Å². The maximum absolute atomic E-state index is 12.6. The lowest BCUT2D eigenvalue weighted by molar-refractivity contribution is -0.127. The van der Waals surface area contributed by atoms with Crippen LogP contribution in [0.2, 0.25) is 5.15 Å². The number of carbonyl (C=O) groups excluding carboxylic acids is 2. The monoisotopic (exact) mass is 372 g/mol. The molecular formula is C18H17ClN4O3. The number of nitrogens with two attached hydrogens (primary N) is 1. The Kier molecular flexibility index (Phi) is 5.20. The van der Waals surface area contributed by atoms with Crippen molar-refractivity contribution in [1.29, 1.82) is 0 Å². The van der Waals surface area contributed by atoms with Crippen molar-refractivity contribution in [2.24, 2.45) is 5.73 Å². The van der Waals surface area contributed by atoms with E-state index in [0.717, 1.165) is 10.9 Å². The van der Waals surface area contributed by atoms with Crippen LogP contribution in [0, 0.1) is 0 Å². The van der Waals surface area contributed by atoms with E-state index >= 15 is 0 Å². The topological polar surface area (TPSA) is 121 Å². The number of hydrogen-bond donors (Lipinski definition) is 4. The lowest BCUT2D eigenvalue weighted by Crippen LogP contribution is -2.50. The second-order valence-electron chi connectivity index (χ2n) is 5.89. The number of halogens is 1. The third-order valence-electron chi connectivity index (χ3n) is 4.00. The van der Waals surface area contributed by atoms with Gasteiger partial charge in [-0.25, -0.2) is 4.98 Å². The highest BCUT2D eigenvalue weighted by Crippen LogP contribution is 2.18. The largest absolute Gasteiger partial charge is 0.381 e. The molecule has 5 N–H and O–H groups in total. The number of carbonyl (C=O) groups is 2. The van der Waals surface area contributed by atoms with E-state index in [-0.39, 0.29) is 12.1 Å². The van der Waals surface area contributed by atoms with E-state index in [9.17, 15) is 14.7 Å². The molecule has 3 aromatic rings. The molecular weight excluding hydrogens is 356 g/mol. The van der Waals surface area contributed by atoms with Gasteiger partial charge in [0, 0.05) is 5.39 Å². The Bertz CT molecular complexity index is 942. The fraction of sp³-hybridized carbons (Fsp3) is 0.167. The number of pyridine rings is 1. The second kappa shape index (κ2) is 7.55. The summed E-state index contributed by atoms with van der Waals surface area (Å²) < 4.78 is 0. The average Bonchev–Trinajstić information content (AvgIpc) is 3.04. The molecule has 26 heavy (non-hydrogen) atoms. The smallest absolute Gasteiger partial charge is 0.268 e. The molecule has 1 aromatic carbocycles. The summed E-state index contributed by atoms with van der Waals surface area (Å²) in [6, 6.07) is 11.6. The van der Waals surface area contributed by atoms with Gasteiger partial charge in [-0.3, -0.25) is 9.59 Å². The predicted molar refractivity (Wildman–Crippen MR) is 97.7 cm³/mol. The van der Waals surface area contributed by atoms with Crippen LogP contribution in [0.5, 0.6) is 0 Å². The van der Waals surface area contributed by atoms with Crippen molar-refractivity contribution in [3.63, 3.8) is 0 Å². The number of primary amides is 1. The highest BCUT2D eigenvalue weighted by molar-refractivity contribution is 6.30. The van der Waals surface area contributed by atoms with Crippen molar-refractivity contribution in [3.8, 4) is 0 Å². The molecule has 0 saturated heterocycles. The van der Waals surface area contributed by atoms with Crippen LogP contribution in [0.3, 0.4) is 0 Å². The molecule has 2 aromatic heterocycles. The highest BCUT2D eigenvalue weighted by Gasteiger charge is 2.27. The molecule has 0 bridgehead atoms. The van der Waals surface area contributed by atoms with E-state index in [1.807, 2.05) is 30.3 Å². The van der Waals surface area contributed by atoms with Gasteiger partial charge in [-0.1, -0.05) is 41.9 Å². The first-order valence-electron chi connectivity index (χ1n) is 7.90. The summed E-state index contributed by atoms with van der Waals surface area (Å²) in [5.41, 5.74) is 6.97. The Morgan fingerprint density at radius 3 is 2.69 bits per heavy atom. The number of rotatable bonds is 6. The zero-order chi connectivity index (χ0) is 18.7. The van der Waals surface area contributed by atoms with Crippen molar-refractivity contribution in [2.75, 3.05) is 0 Å². The molecule has 7 nitrogen and oxygen atoms in total. The molecule has 2 atom stereocenters. The molecule has 2 heterocycles. The molecule has 0 radical (unpaired) electrons. The van der Waals surface area contributed by atoms with Crippen LogP contribution in [0.4, 0.5) is 0 Å². The molecule has 134 valence electrons. The minimum atomic E-state index is -1.51. The second-order valence-corrected chi connectivity index (χ2v) is 6.28. The first-order chi connectivity index (χ1) is 12.4. The SMILES string of the molecule is NC(=O)[C@@H](O)C(Cc1ccccc1)NC(=O)c1cc2cc(Cl)ncc2[nH]1. The number of benzene rings is 1. The van der Waals surface area contributed by atoms with Crippen molar-refractivity contribution < 1.29 is 14.7 Å². The normalized spacial score (nSPS) is 13.3. The average molecular weight is 373 g/mol. The van der Waals surface area contributed by atoms with Crippen molar-refractivity contribution in [3.05, 3.63) is 65.1 Å². The number of nitrogens with zero attached hydrogens (tertiary/aromatic N) is 1. The number of aromatic amines is 1. The standard InChI is InChI=1S/C18H17ClN4O3/c19-15-8-11-7-13(22-14(11)9-21-15)18(26)23-12(16(24)17(20)25)6-10-4-2-1-3-5-10/h1-5,7-9,12,16,22,24H,6H2,(H2,20,25)(H,23,26)/t12?,16-/m0/s1. The maximum Gasteiger partial charge on any atom is 0.268 e. The Morgan fingerprint density at radius 2 is 2.00 bits per heavy atom. The van der Waals surface area contributed by atoms with Gasteiger partial charge in [0.15, 0.2) is 6.10 Å². The third kappa shape index (κ3) is 4.01. The number of fused-ring (bicyclic) bond motifs is 1. The Morgan fingerprint density at radius 1 is 1.27 bits per heavy atom. The molecule has 0 aliphatic rings. The lowest BCUT2D eigenvalue weighted by Gasteiger charge is -2.22. The zero-order valence-corrected chi connectivity index (χ0v) is 14.4. The van der Waals surface area contributed by atoms with E-state index in [1.165, 1.54) is 6.20 Å². The van der Waals surface area contributed by atoms with Crippen LogP contribution in [-0.2, 0) is 11.2 Å². The van der Waals surface area contributed by atoms with Crippen molar-refractivity contribution in [2.45, 2.75) is 18.6 Å². The van der Waals surface area contributed by atoms with Gasteiger partial charge >= 0.3 is 0 Å². The minimum Gasteiger partial charge on any atom is -0.381 e. The number of hydrogen-bond acceptors (Lipinski definition) is 4. The highest BCUT2D eigenvalue weighted by atomic mass is 35.5. The van der Waals surface area contributed by atoms with Gasteiger partial charge in [-0.05, 0) is 24.1 Å². The number of aromatic nitrogens is 2. The summed E-state index contributed by atoms with van der Waals surface area (Å²) in [5, 5.41) is 13.8. The Labute approximate surface area is 154 Å². The fourth-order valence-corrected chi connectivity index (χ4v) is 2.85. The zero-order valence-electron chi connectivity index (χ0n) is 13.6. The maximum atomic E-state index is 12.6. The molecule has 0 saturated carbocycles. The van der Waals surface area contributed by atoms with Crippen molar-refractivity contribution in [1.82, 2.24) is 15.3 Å². The first-order valence-corrected chi connectivity index (χ1v) is 8.28. The molecule has 0 aliphatic heterocycles. The van der Waals surface area contributed by atoms with Crippen molar-refractivity contribution >= 4 is 34.3 Å². The van der Waals surface area contributed by atoms with Crippen LogP contribution in [0.25, 0.3) is 10.9 Å². The van der Waals surface area contributed by atoms with Crippen LogP contribution < -0.4 is 11.1 Å². The summed E-state index contributed by atoms with van der Waals surface area (Å²) in [4.78, 5) is 30.9. The summed E-state index contributed by atoms with van der Waals surface area (Å²) in [6.45, 7) is 0. The van der Waals surface area contributed by atoms with Crippen LogP contribution >= 0.6 is 11.6 Å². The molecule has 2 amide bonds. The Hall–Kier alpha value is -2.90. The quantitative estimate of drug-likeness (QED) is 0.489. The number of H-pyrrole nitrogens is 1. The van der Waals surface area contributed by atoms with Crippen LogP contribution in [0.1, 0.15) is 16.1 Å². The Balaban J connectivity index is 1.82. The molecule has 8 heteroatoms. The molecule has 0 fully saturated rings. The number of aliphatic hydroxyl groups excluding tert-OH is 1. The van der Waals surface area contributed by atoms with Gasteiger partial charge in [-0.2, -0.15) is 0 Å². The molecule has 0 spiro atoms. The van der Waals surface area contributed by atoms with Gasteiger partial charge < -0.3 is 21.1 Å². The molecule has 0 aliphatic carbocycles. The fourth-order valence-electron chi connectivity index (χ4n) is 2.68. The van der Waals surface area contributed by atoms with E-state index in [1.54, 1.807) is 12.1 Å². The predicted octanol–water partition coefficient (Wildman–Crippen LogP) is 1.40. The first kappa shape index (κ1) is 17.9. The van der Waals surface area contributed by atoms with Gasteiger partial charge in [0.1, 0.15) is 10.8 Å². The van der Waals surface area contributed by atoms with E-state index in [4.69, 9.17) is 17.3 Å². The third-order valence-corrected chi connectivity index (χ3v) is 4.21.